The van der Waals surface area contributed by atoms with Gasteiger partial charge in [-0.15, -0.1) is 0 Å². The minimum atomic E-state index is -0.445. The van der Waals surface area contributed by atoms with Crippen molar-refractivity contribution in [1.82, 2.24) is 0 Å². The maximum absolute atomic E-state index is 13.3. The van der Waals surface area contributed by atoms with Crippen molar-refractivity contribution in [3.63, 3.8) is 0 Å². The van der Waals surface area contributed by atoms with Crippen LogP contribution >= 0.6 is 0 Å². The summed E-state index contributed by atoms with van der Waals surface area (Å²) in [6.45, 7) is 1.73. The molecule has 20 heavy (non-hydrogen) atoms. The number of hydrogen-bond acceptors (Lipinski definition) is 3. The van der Waals surface area contributed by atoms with E-state index in [-0.39, 0.29) is 5.56 Å². The summed E-state index contributed by atoms with van der Waals surface area (Å²) in [5.41, 5.74) is 7.58. The van der Waals surface area contributed by atoms with Crippen molar-refractivity contribution in [2.75, 3.05) is 18.2 Å². The van der Waals surface area contributed by atoms with Gasteiger partial charge in [0.2, 0.25) is 0 Å². The van der Waals surface area contributed by atoms with E-state index >= 15 is 0 Å². The molecule has 0 aliphatic rings. The smallest absolute Gasteiger partial charge is 0.255 e. The fourth-order valence-electron chi connectivity index (χ4n) is 1.87. The minimum Gasteiger partial charge on any atom is -0.494 e. The lowest BCUT2D eigenvalue weighted by atomic mass is 10.1. The summed E-state index contributed by atoms with van der Waals surface area (Å²) in [7, 11) is 1.48. The Kier molecular flexibility index (Phi) is 3.89. The number of methoxy groups -OCH3 is 1. The molecule has 104 valence electrons. The molecule has 0 atom stereocenters. The van der Waals surface area contributed by atoms with Crippen LogP contribution in [0.5, 0.6) is 5.75 Å². The van der Waals surface area contributed by atoms with E-state index < -0.39 is 11.7 Å². The predicted octanol–water partition coefficient (Wildman–Crippen LogP) is 2.98. The molecule has 0 heterocycles. The highest BCUT2D eigenvalue weighted by Crippen LogP contribution is 2.27. The number of aryl methyl sites for hydroxylation is 1. The van der Waals surface area contributed by atoms with E-state index in [1.54, 1.807) is 31.2 Å². The van der Waals surface area contributed by atoms with E-state index in [1.165, 1.54) is 19.2 Å². The molecule has 0 fully saturated rings. The third-order valence-corrected chi connectivity index (χ3v) is 2.78. The van der Waals surface area contributed by atoms with Gasteiger partial charge in [-0.2, -0.15) is 0 Å². The van der Waals surface area contributed by atoms with Crippen LogP contribution in [0.1, 0.15) is 15.9 Å². The second-order valence-corrected chi connectivity index (χ2v) is 4.43. The van der Waals surface area contributed by atoms with Gasteiger partial charge in [0, 0.05) is 17.3 Å². The molecule has 0 saturated heterocycles. The van der Waals surface area contributed by atoms with Crippen molar-refractivity contribution in [3.05, 3.63) is 53.3 Å². The largest absolute Gasteiger partial charge is 0.494 e. The Labute approximate surface area is 116 Å². The zero-order valence-electron chi connectivity index (χ0n) is 11.2. The monoisotopic (exact) mass is 274 g/mol. The first-order valence-electron chi connectivity index (χ1n) is 6.01. The van der Waals surface area contributed by atoms with Crippen molar-refractivity contribution in [2.45, 2.75) is 6.92 Å². The summed E-state index contributed by atoms with van der Waals surface area (Å²) in [5.74, 6) is -0.401. The van der Waals surface area contributed by atoms with Crippen LogP contribution in [0.4, 0.5) is 15.8 Å². The molecule has 0 radical (unpaired) electrons. The number of carbonyl (C=O) groups is 1. The molecule has 0 unspecified atom stereocenters. The molecular weight excluding hydrogens is 259 g/mol. The van der Waals surface area contributed by atoms with Crippen molar-refractivity contribution < 1.29 is 13.9 Å². The Hall–Kier alpha value is -2.56. The van der Waals surface area contributed by atoms with E-state index in [1.807, 2.05) is 0 Å². The topological polar surface area (TPSA) is 64.3 Å². The summed E-state index contributed by atoms with van der Waals surface area (Å²) in [6, 6.07) is 9.05. The molecule has 5 heteroatoms. The molecule has 0 saturated carbocycles. The normalized spacial score (nSPS) is 10.2. The number of hydrogen-bond donors (Lipinski definition) is 2. The van der Waals surface area contributed by atoms with Crippen LogP contribution < -0.4 is 15.8 Å². The van der Waals surface area contributed by atoms with Crippen LogP contribution in [0, 0.1) is 12.7 Å². The van der Waals surface area contributed by atoms with Crippen molar-refractivity contribution in [2.24, 2.45) is 0 Å². The summed E-state index contributed by atoms with van der Waals surface area (Å²) >= 11 is 0. The maximum Gasteiger partial charge on any atom is 0.255 e. The zero-order valence-corrected chi connectivity index (χ0v) is 11.2. The molecule has 0 aliphatic carbocycles. The molecule has 0 spiro atoms. The van der Waals surface area contributed by atoms with Gasteiger partial charge in [0.05, 0.1) is 12.8 Å². The molecular formula is C15H15FN2O2. The molecule has 1 amide bonds. The molecule has 3 N–H and O–H groups in total. The summed E-state index contributed by atoms with van der Waals surface area (Å²) in [6.07, 6.45) is 0. The molecule has 0 aromatic heterocycles. The average molecular weight is 274 g/mol. The maximum atomic E-state index is 13.3. The van der Waals surface area contributed by atoms with E-state index in [0.717, 1.165) is 0 Å². The second-order valence-electron chi connectivity index (χ2n) is 4.43. The molecule has 2 aromatic rings. The average Bonchev–Trinajstić information content (AvgIpc) is 2.39. The van der Waals surface area contributed by atoms with Gasteiger partial charge in [-0.25, -0.2) is 4.39 Å². The molecule has 2 rings (SSSR count). The predicted molar refractivity (Wildman–Crippen MR) is 76.5 cm³/mol. The van der Waals surface area contributed by atoms with Crippen molar-refractivity contribution >= 4 is 17.3 Å². The Morgan fingerprint density at radius 1 is 1.25 bits per heavy atom. The van der Waals surface area contributed by atoms with Crippen LogP contribution in [0.3, 0.4) is 0 Å². The summed E-state index contributed by atoms with van der Waals surface area (Å²) in [4.78, 5) is 12.1. The molecule has 0 aliphatic heterocycles. The number of carbonyl (C=O) groups excluding carboxylic acids is 1. The number of benzene rings is 2. The number of ether oxygens (including phenoxy) is 1. The third-order valence-electron chi connectivity index (χ3n) is 2.78. The van der Waals surface area contributed by atoms with E-state index in [4.69, 9.17) is 10.5 Å². The number of amides is 1. The highest BCUT2D eigenvalue weighted by atomic mass is 19.1. The van der Waals surface area contributed by atoms with Crippen LogP contribution in [0.25, 0.3) is 0 Å². The number of anilines is 2. The Balaban J connectivity index is 2.27. The Morgan fingerprint density at radius 2 is 2.00 bits per heavy atom. The van der Waals surface area contributed by atoms with Crippen LogP contribution in [0.15, 0.2) is 36.4 Å². The summed E-state index contributed by atoms with van der Waals surface area (Å²) in [5, 5.41) is 2.67. The fourth-order valence-corrected chi connectivity index (χ4v) is 1.87. The van der Waals surface area contributed by atoms with E-state index in [9.17, 15) is 9.18 Å². The Morgan fingerprint density at radius 3 is 2.65 bits per heavy atom. The van der Waals surface area contributed by atoms with E-state index in [0.29, 0.717) is 22.7 Å². The van der Waals surface area contributed by atoms with Crippen molar-refractivity contribution in [3.8, 4) is 5.75 Å². The van der Waals surface area contributed by atoms with Gasteiger partial charge < -0.3 is 15.8 Å². The van der Waals surface area contributed by atoms with Crippen molar-refractivity contribution in [1.29, 1.82) is 0 Å². The zero-order chi connectivity index (χ0) is 14.7. The molecule has 4 nitrogen and oxygen atoms in total. The van der Waals surface area contributed by atoms with Crippen LogP contribution in [-0.4, -0.2) is 13.0 Å². The lowest BCUT2D eigenvalue weighted by Crippen LogP contribution is -2.13. The highest BCUT2D eigenvalue weighted by Gasteiger charge is 2.11. The Bertz CT molecular complexity index is 636. The number of halogens is 1. The van der Waals surface area contributed by atoms with Gasteiger partial charge in [-0.05, 0) is 42.8 Å². The lowest BCUT2D eigenvalue weighted by molar-refractivity contribution is 0.102. The number of nitrogens with two attached hydrogens (primary N) is 1. The van der Waals surface area contributed by atoms with E-state index in [2.05, 4.69) is 5.32 Å². The minimum absolute atomic E-state index is 0.251. The molecule has 0 bridgehead atoms. The highest BCUT2D eigenvalue weighted by molar-refractivity contribution is 6.05. The van der Waals surface area contributed by atoms with Gasteiger partial charge in [0.15, 0.2) is 0 Å². The lowest BCUT2D eigenvalue weighted by Gasteiger charge is -2.11. The van der Waals surface area contributed by atoms with Gasteiger partial charge >= 0.3 is 0 Å². The SMILES string of the molecule is COc1cc(N)ccc1NC(=O)c1cc(C)cc(F)c1. The van der Waals surface area contributed by atoms with Gasteiger partial charge in [0.25, 0.3) is 5.91 Å². The van der Waals surface area contributed by atoms with Crippen LogP contribution in [-0.2, 0) is 0 Å². The summed E-state index contributed by atoms with van der Waals surface area (Å²) < 4.78 is 18.4. The third kappa shape index (κ3) is 3.06. The molecule has 2 aromatic carbocycles. The first-order valence-corrected chi connectivity index (χ1v) is 6.01. The fraction of sp³-hybridized carbons (Fsp3) is 0.133. The van der Waals surface area contributed by atoms with Crippen LogP contribution in [0.2, 0.25) is 0 Å². The second kappa shape index (κ2) is 5.61. The quantitative estimate of drug-likeness (QED) is 0.846. The van der Waals surface area contributed by atoms with Gasteiger partial charge in [0.1, 0.15) is 11.6 Å². The first-order chi connectivity index (χ1) is 9.49. The van der Waals surface area contributed by atoms with Gasteiger partial charge in [-0.1, -0.05) is 0 Å². The number of nitrogen functional groups attached to an aromatic ring is 1. The standard InChI is InChI=1S/C15H15FN2O2/c1-9-5-10(7-11(16)6-9)15(19)18-13-4-3-12(17)8-14(13)20-2/h3-8H,17H2,1-2H3,(H,18,19). The number of rotatable bonds is 3. The first kappa shape index (κ1) is 13.9. The van der Waals surface area contributed by atoms with Gasteiger partial charge in [-0.3, -0.25) is 4.79 Å². The number of nitrogens with one attached hydrogen (secondary N) is 1.